The number of carbonyl (C=O) groups is 1. The number of benzene rings is 1. The molecule has 4 heteroatoms. The quantitative estimate of drug-likeness (QED) is 0.814. The first-order chi connectivity index (χ1) is 10.8. The van der Waals surface area contributed by atoms with Crippen LogP contribution < -0.4 is 0 Å². The molecule has 2 aromatic rings. The number of rotatable bonds is 4. The average Bonchev–Trinajstić information content (AvgIpc) is 2.59. The molecule has 0 spiro atoms. The van der Waals surface area contributed by atoms with Crippen LogP contribution in [0.3, 0.4) is 0 Å². The molecule has 0 fully saturated rings. The van der Waals surface area contributed by atoms with Gasteiger partial charge in [-0.15, -0.1) is 0 Å². The number of carbonyl (C=O) groups excluding carboxylic acids is 1. The predicted octanol–water partition coefficient (Wildman–Crippen LogP) is 3.11. The second-order valence-corrected chi connectivity index (χ2v) is 5.37. The number of aromatic nitrogens is 1. The molecule has 4 nitrogen and oxygen atoms in total. The Balaban J connectivity index is 1.76. The standard InChI is InChI=1S/C18H19NO3/c1-21-18(20)16-8-10-19-12-14(16)6-7-17-15-5-3-2-4-13(15)9-11-22-17/h2-5,8,10,12,17H,6-7,9,11H2,1H3. The lowest BCUT2D eigenvalue weighted by atomic mass is 9.93. The number of ether oxygens (including phenoxy) is 2. The molecule has 2 heterocycles. The Labute approximate surface area is 130 Å². The Kier molecular flexibility index (Phi) is 4.49. The highest BCUT2D eigenvalue weighted by molar-refractivity contribution is 5.90. The van der Waals surface area contributed by atoms with Crippen molar-refractivity contribution in [2.45, 2.75) is 25.4 Å². The third kappa shape index (κ3) is 3.02. The minimum Gasteiger partial charge on any atom is -0.465 e. The zero-order valence-corrected chi connectivity index (χ0v) is 12.6. The molecule has 3 rings (SSSR count). The van der Waals surface area contributed by atoms with Gasteiger partial charge in [0.2, 0.25) is 0 Å². The molecule has 1 aromatic carbocycles. The lowest BCUT2D eigenvalue weighted by Gasteiger charge is -2.26. The van der Waals surface area contributed by atoms with Gasteiger partial charge in [-0.2, -0.15) is 0 Å². The Hall–Kier alpha value is -2.20. The molecule has 1 aliphatic heterocycles. The summed E-state index contributed by atoms with van der Waals surface area (Å²) in [6.45, 7) is 0.749. The summed E-state index contributed by atoms with van der Waals surface area (Å²) in [6, 6.07) is 10.1. The minimum absolute atomic E-state index is 0.0793. The van der Waals surface area contributed by atoms with Gasteiger partial charge in [0.1, 0.15) is 0 Å². The molecule has 1 atom stereocenters. The van der Waals surface area contributed by atoms with Crippen molar-refractivity contribution < 1.29 is 14.3 Å². The summed E-state index contributed by atoms with van der Waals surface area (Å²) in [5.74, 6) is -0.317. The van der Waals surface area contributed by atoms with Crippen molar-refractivity contribution in [2.75, 3.05) is 13.7 Å². The summed E-state index contributed by atoms with van der Waals surface area (Å²) < 4.78 is 10.7. The first kappa shape index (κ1) is 14.7. The van der Waals surface area contributed by atoms with E-state index in [2.05, 4.69) is 23.2 Å². The van der Waals surface area contributed by atoms with Gasteiger partial charge in [-0.25, -0.2) is 4.79 Å². The fourth-order valence-corrected chi connectivity index (χ4v) is 2.94. The molecule has 114 valence electrons. The largest absolute Gasteiger partial charge is 0.465 e. The molecule has 0 saturated heterocycles. The van der Waals surface area contributed by atoms with Gasteiger partial charge in [0, 0.05) is 12.4 Å². The number of hydrogen-bond donors (Lipinski definition) is 0. The van der Waals surface area contributed by atoms with Crippen LogP contribution in [-0.2, 0) is 22.3 Å². The van der Waals surface area contributed by atoms with Crippen LogP contribution in [0.1, 0.15) is 39.6 Å². The third-order valence-corrected chi connectivity index (χ3v) is 4.08. The van der Waals surface area contributed by atoms with E-state index in [1.54, 1.807) is 18.5 Å². The van der Waals surface area contributed by atoms with Crippen LogP contribution in [0.5, 0.6) is 0 Å². The molecule has 0 N–H and O–H groups in total. The molecule has 1 aliphatic rings. The number of esters is 1. The lowest BCUT2D eigenvalue weighted by Crippen LogP contribution is -2.17. The van der Waals surface area contributed by atoms with E-state index in [0.29, 0.717) is 5.56 Å². The number of hydrogen-bond acceptors (Lipinski definition) is 4. The normalized spacial score (nSPS) is 16.9. The van der Waals surface area contributed by atoms with Crippen LogP contribution in [0.25, 0.3) is 0 Å². The van der Waals surface area contributed by atoms with Crippen molar-refractivity contribution in [2.24, 2.45) is 0 Å². The van der Waals surface area contributed by atoms with Crippen molar-refractivity contribution in [3.8, 4) is 0 Å². The molecule has 0 saturated carbocycles. The highest BCUT2D eigenvalue weighted by atomic mass is 16.5. The van der Waals surface area contributed by atoms with Crippen LogP contribution in [0, 0.1) is 0 Å². The number of aryl methyl sites for hydroxylation is 1. The maximum absolute atomic E-state index is 11.8. The van der Waals surface area contributed by atoms with Crippen LogP contribution in [0.15, 0.2) is 42.7 Å². The summed E-state index contributed by atoms with van der Waals surface area (Å²) >= 11 is 0. The lowest BCUT2D eigenvalue weighted by molar-refractivity contribution is 0.0366. The maximum Gasteiger partial charge on any atom is 0.338 e. The van der Waals surface area contributed by atoms with E-state index in [1.165, 1.54) is 18.2 Å². The Morgan fingerprint density at radius 2 is 2.23 bits per heavy atom. The van der Waals surface area contributed by atoms with E-state index in [1.807, 2.05) is 6.07 Å². The van der Waals surface area contributed by atoms with Crippen molar-refractivity contribution in [3.63, 3.8) is 0 Å². The van der Waals surface area contributed by atoms with Gasteiger partial charge in [0.05, 0.1) is 25.4 Å². The fraction of sp³-hybridized carbons (Fsp3) is 0.333. The van der Waals surface area contributed by atoms with Crippen molar-refractivity contribution in [1.29, 1.82) is 0 Å². The molecule has 0 amide bonds. The number of nitrogens with zero attached hydrogens (tertiary/aromatic N) is 1. The molecule has 22 heavy (non-hydrogen) atoms. The van der Waals surface area contributed by atoms with E-state index in [-0.39, 0.29) is 12.1 Å². The Morgan fingerprint density at radius 3 is 3.09 bits per heavy atom. The summed E-state index contributed by atoms with van der Waals surface area (Å²) in [5, 5.41) is 0. The highest BCUT2D eigenvalue weighted by Crippen LogP contribution is 2.30. The summed E-state index contributed by atoms with van der Waals surface area (Å²) in [5.41, 5.74) is 4.11. The van der Waals surface area contributed by atoms with E-state index in [0.717, 1.165) is 31.4 Å². The molecule has 1 aromatic heterocycles. The summed E-state index contributed by atoms with van der Waals surface area (Å²) in [7, 11) is 1.40. The fourth-order valence-electron chi connectivity index (χ4n) is 2.94. The van der Waals surface area contributed by atoms with E-state index < -0.39 is 0 Å². The van der Waals surface area contributed by atoms with Crippen LogP contribution in [0.4, 0.5) is 0 Å². The van der Waals surface area contributed by atoms with Crippen molar-refractivity contribution in [3.05, 3.63) is 65.0 Å². The smallest absolute Gasteiger partial charge is 0.338 e. The Morgan fingerprint density at radius 1 is 1.36 bits per heavy atom. The van der Waals surface area contributed by atoms with Crippen LogP contribution >= 0.6 is 0 Å². The number of pyridine rings is 1. The van der Waals surface area contributed by atoms with E-state index in [4.69, 9.17) is 9.47 Å². The van der Waals surface area contributed by atoms with E-state index >= 15 is 0 Å². The van der Waals surface area contributed by atoms with Crippen molar-refractivity contribution in [1.82, 2.24) is 4.98 Å². The van der Waals surface area contributed by atoms with Crippen molar-refractivity contribution >= 4 is 5.97 Å². The van der Waals surface area contributed by atoms with Gasteiger partial charge in [-0.1, -0.05) is 24.3 Å². The zero-order chi connectivity index (χ0) is 15.4. The summed E-state index contributed by atoms with van der Waals surface area (Å²) in [4.78, 5) is 15.9. The van der Waals surface area contributed by atoms with Crippen LogP contribution in [-0.4, -0.2) is 24.7 Å². The van der Waals surface area contributed by atoms with Crippen LogP contribution in [0.2, 0.25) is 0 Å². The number of methoxy groups -OCH3 is 1. The monoisotopic (exact) mass is 297 g/mol. The Bertz CT molecular complexity index is 669. The maximum atomic E-state index is 11.8. The topological polar surface area (TPSA) is 48.4 Å². The molecule has 1 unspecified atom stereocenters. The third-order valence-electron chi connectivity index (χ3n) is 4.08. The molecular formula is C18H19NO3. The van der Waals surface area contributed by atoms with Gasteiger partial charge in [0.15, 0.2) is 0 Å². The first-order valence-electron chi connectivity index (χ1n) is 7.50. The second-order valence-electron chi connectivity index (χ2n) is 5.37. The van der Waals surface area contributed by atoms with Gasteiger partial charge >= 0.3 is 5.97 Å². The predicted molar refractivity (Wildman–Crippen MR) is 82.7 cm³/mol. The first-order valence-corrected chi connectivity index (χ1v) is 7.50. The SMILES string of the molecule is COC(=O)c1ccncc1CCC1OCCc2ccccc21. The molecule has 0 radical (unpaired) electrons. The molecule has 0 bridgehead atoms. The second kappa shape index (κ2) is 6.71. The zero-order valence-electron chi connectivity index (χ0n) is 12.6. The van der Waals surface area contributed by atoms with E-state index in [9.17, 15) is 4.79 Å². The molecular weight excluding hydrogens is 278 g/mol. The molecule has 0 aliphatic carbocycles. The van der Waals surface area contributed by atoms with Gasteiger partial charge < -0.3 is 9.47 Å². The number of fused-ring (bicyclic) bond motifs is 1. The summed E-state index contributed by atoms with van der Waals surface area (Å²) in [6.07, 6.45) is 5.95. The van der Waals surface area contributed by atoms with Gasteiger partial charge in [-0.05, 0) is 42.0 Å². The average molecular weight is 297 g/mol. The highest BCUT2D eigenvalue weighted by Gasteiger charge is 2.21. The van der Waals surface area contributed by atoms with Gasteiger partial charge in [0.25, 0.3) is 0 Å². The minimum atomic E-state index is -0.317. The van der Waals surface area contributed by atoms with Gasteiger partial charge in [-0.3, -0.25) is 4.98 Å².